The molecule has 0 bridgehead atoms. The number of urea groups is 1. The van der Waals surface area contributed by atoms with E-state index in [1.165, 1.54) is 7.11 Å². The summed E-state index contributed by atoms with van der Waals surface area (Å²) in [7, 11) is 1.28. The molecule has 0 aromatic heterocycles. The van der Waals surface area contributed by atoms with Gasteiger partial charge in [0.05, 0.1) is 7.11 Å². The van der Waals surface area contributed by atoms with Gasteiger partial charge in [0.15, 0.2) is 0 Å². The van der Waals surface area contributed by atoms with Crippen molar-refractivity contribution in [3.8, 4) is 0 Å². The predicted molar refractivity (Wildman–Crippen MR) is 52.9 cm³/mol. The minimum atomic E-state index is -0.621. The van der Waals surface area contributed by atoms with Gasteiger partial charge in [0.1, 0.15) is 6.04 Å². The zero-order valence-electron chi connectivity index (χ0n) is 9.09. The summed E-state index contributed by atoms with van der Waals surface area (Å²) in [5.41, 5.74) is 0. The van der Waals surface area contributed by atoms with Gasteiger partial charge in [-0.05, 0) is 20.3 Å². The predicted octanol–water partition coefficient (Wildman–Crippen LogP) is 0.646. The van der Waals surface area contributed by atoms with E-state index in [9.17, 15) is 9.59 Å². The van der Waals surface area contributed by atoms with Crippen LogP contribution in [0.2, 0.25) is 0 Å². The smallest absolute Gasteiger partial charge is 0.328 e. The molecule has 0 aliphatic rings. The summed E-state index contributed by atoms with van der Waals surface area (Å²) in [6.45, 7) is 5.43. The van der Waals surface area contributed by atoms with Gasteiger partial charge >= 0.3 is 12.0 Å². The average molecular weight is 202 g/mol. The van der Waals surface area contributed by atoms with Crippen LogP contribution in [0.15, 0.2) is 0 Å². The van der Waals surface area contributed by atoms with Crippen molar-refractivity contribution in [1.82, 2.24) is 10.6 Å². The van der Waals surface area contributed by atoms with E-state index in [2.05, 4.69) is 15.4 Å². The molecule has 0 heterocycles. The molecule has 0 saturated carbocycles. The lowest BCUT2D eigenvalue weighted by molar-refractivity contribution is -0.142. The molecule has 2 atom stereocenters. The molecule has 0 fully saturated rings. The van der Waals surface area contributed by atoms with Crippen molar-refractivity contribution < 1.29 is 14.3 Å². The molecule has 0 saturated heterocycles. The largest absolute Gasteiger partial charge is 0.467 e. The Labute approximate surface area is 84.2 Å². The van der Waals surface area contributed by atoms with Crippen molar-refractivity contribution in [3.63, 3.8) is 0 Å². The topological polar surface area (TPSA) is 67.4 Å². The van der Waals surface area contributed by atoms with Crippen LogP contribution in [0.1, 0.15) is 27.2 Å². The highest BCUT2D eigenvalue weighted by Crippen LogP contribution is 1.89. The minimum absolute atomic E-state index is 0.0971. The zero-order chi connectivity index (χ0) is 11.1. The van der Waals surface area contributed by atoms with Gasteiger partial charge in [-0.2, -0.15) is 0 Å². The normalized spacial score (nSPS) is 14.0. The van der Waals surface area contributed by atoms with E-state index < -0.39 is 12.0 Å². The highest BCUT2D eigenvalue weighted by atomic mass is 16.5. The summed E-state index contributed by atoms with van der Waals surface area (Å²) in [5.74, 6) is -0.454. The number of methoxy groups -OCH3 is 1. The molecule has 0 rings (SSSR count). The SMILES string of the molecule is CCC(C)NC(=O)NC(C)C(=O)OC. The maximum Gasteiger partial charge on any atom is 0.328 e. The van der Waals surface area contributed by atoms with Crippen molar-refractivity contribution in [1.29, 1.82) is 0 Å². The summed E-state index contributed by atoms with van der Waals surface area (Å²) < 4.78 is 4.46. The lowest BCUT2D eigenvalue weighted by Gasteiger charge is -2.15. The molecule has 0 spiro atoms. The number of carbonyl (C=O) groups is 2. The quantitative estimate of drug-likeness (QED) is 0.657. The molecular weight excluding hydrogens is 184 g/mol. The molecule has 5 heteroatoms. The Hall–Kier alpha value is -1.26. The Balaban J connectivity index is 3.88. The molecule has 0 aliphatic carbocycles. The first kappa shape index (κ1) is 12.7. The van der Waals surface area contributed by atoms with E-state index in [4.69, 9.17) is 0 Å². The summed E-state index contributed by atoms with van der Waals surface area (Å²) >= 11 is 0. The van der Waals surface area contributed by atoms with Crippen LogP contribution in [0.4, 0.5) is 4.79 Å². The van der Waals surface area contributed by atoms with Crippen LogP contribution in [-0.4, -0.2) is 31.2 Å². The maximum absolute atomic E-state index is 11.2. The summed E-state index contributed by atoms with van der Waals surface area (Å²) in [6, 6.07) is -0.874. The molecule has 0 radical (unpaired) electrons. The third kappa shape index (κ3) is 4.69. The second-order valence-corrected chi connectivity index (χ2v) is 3.17. The number of hydrogen-bond acceptors (Lipinski definition) is 3. The number of esters is 1. The Morgan fingerprint density at radius 1 is 1.29 bits per heavy atom. The molecule has 0 aromatic rings. The van der Waals surface area contributed by atoms with Crippen molar-refractivity contribution >= 4 is 12.0 Å². The number of hydrogen-bond donors (Lipinski definition) is 2. The summed E-state index contributed by atoms with van der Waals surface area (Å²) in [6.07, 6.45) is 0.847. The number of ether oxygens (including phenoxy) is 1. The van der Waals surface area contributed by atoms with Gasteiger partial charge in [0.25, 0.3) is 0 Å². The molecule has 82 valence electrons. The highest BCUT2D eigenvalue weighted by Gasteiger charge is 2.15. The number of rotatable bonds is 4. The molecular formula is C9H18N2O3. The average Bonchev–Trinajstić information content (AvgIpc) is 2.15. The van der Waals surface area contributed by atoms with Crippen LogP contribution < -0.4 is 10.6 Å². The molecule has 2 amide bonds. The first-order valence-corrected chi connectivity index (χ1v) is 4.66. The standard InChI is InChI=1S/C9H18N2O3/c1-5-6(2)10-9(13)11-7(3)8(12)14-4/h6-7H,5H2,1-4H3,(H2,10,11,13). The van der Waals surface area contributed by atoms with E-state index in [0.29, 0.717) is 0 Å². The lowest BCUT2D eigenvalue weighted by atomic mass is 10.3. The third-order valence-corrected chi connectivity index (χ3v) is 1.89. The molecule has 2 unspecified atom stereocenters. The Bertz CT molecular complexity index is 206. The van der Waals surface area contributed by atoms with Crippen molar-refractivity contribution in [3.05, 3.63) is 0 Å². The fourth-order valence-electron chi connectivity index (χ4n) is 0.800. The monoisotopic (exact) mass is 202 g/mol. The van der Waals surface area contributed by atoms with Crippen LogP contribution in [0.25, 0.3) is 0 Å². The molecule has 14 heavy (non-hydrogen) atoms. The molecule has 0 aromatic carbocycles. The van der Waals surface area contributed by atoms with E-state index in [-0.39, 0.29) is 12.1 Å². The summed E-state index contributed by atoms with van der Waals surface area (Å²) in [5, 5.41) is 5.15. The van der Waals surface area contributed by atoms with Gasteiger partial charge in [-0.25, -0.2) is 9.59 Å². The van der Waals surface area contributed by atoms with Gasteiger partial charge in [-0.3, -0.25) is 0 Å². The fourth-order valence-corrected chi connectivity index (χ4v) is 0.800. The Morgan fingerprint density at radius 2 is 1.86 bits per heavy atom. The second-order valence-electron chi connectivity index (χ2n) is 3.17. The zero-order valence-corrected chi connectivity index (χ0v) is 9.09. The van der Waals surface area contributed by atoms with Crippen LogP contribution in [0, 0.1) is 0 Å². The van der Waals surface area contributed by atoms with Crippen molar-refractivity contribution in [2.24, 2.45) is 0 Å². The van der Waals surface area contributed by atoms with Gasteiger partial charge in [0, 0.05) is 6.04 Å². The highest BCUT2D eigenvalue weighted by molar-refractivity contribution is 5.83. The van der Waals surface area contributed by atoms with E-state index >= 15 is 0 Å². The van der Waals surface area contributed by atoms with Gasteiger partial charge in [0.2, 0.25) is 0 Å². The number of carbonyl (C=O) groups excluding carboxylic acids is 2. The Morgan fingerprint density at radius 3 is 2.29 bits per heavy atom. The molecule has 0 aliphatic heterocycles. The Kier molecular flexibility index (Phi) is 5.67. The summed E-state index contributed by atoms with van der Waals surface area (Å²) in [4.78, 5) is 22.2. The van der Waals surface area contributed by atoms with E-state index in [1.54, 1.807) is 6.92 Å². The molecule has 5 nitrogen and oxygen atoms in total. The number of amides is 2. The fraction of sp³-hybridized carbons (Fsp3) is 0.778. The minimum Gasteiger partial charge on any atom is -0.467 e. The van der Waals surface area contributed by atoms with Crippen molar-refractivity contribution in [2.75, 3.05) is 7.11 Å². The van der Waals surface area contributed by atoms with Crippen LogP contribution in [0.3, 0.4) is 0 Å². The van der Waals surface area contributed by atoms with Crippen LogP contribution >= 0.6 is 0 Å². The van der Waals surface area contributed by atoms with Crippen molar-refractivity contribution in [2.45, 2.75) is 39.3 Å². The number of nitrogens with one attached hydrogen (secondary N) is 2. The van der Waals surface area contributed by atoms with Gasteiger partial charge in [-0.1, -0.05) is 6.92 Å². The molecule has 2 N–H and O–H groups in total. The lowest BCUT2D eigenvalue weighted by Crippen LogP contribution is -2.47. The van der Waals surface area contributed by atoms with E-state index in [0.717, 1.165) is 6.42 Å². The second kappa shape index (κ2) is 6.23. The first-order valence-electron chi connectivity index (χ1n) is 4.66. The van der Waals surface area contributed by atoms with E-state index in [1.807, 2.05) is 13.8 Å². The third-order valence-electron chi connectivity index (χ3n) is 1.89. The first-order chi connectivity index (χ1) is 6.51. The van der Waals surface area contributed by atoms with Gasteiger partial charge < -0.3 is 15.4 Å². The van der Waals surface area contributed by atoms with Crippen LogP contribution in [-0.2, 0) is 9.53 Å². The maximum atomic E-state index is 11.2. The van der Waals surface area contributed by atoms with Gasteiger partial charge in [-0.15, -0.1) is 0 Å². The van der Waals surface area contributed by atoms with Crippen LogP contribution in [0.5, 0.6) is 0 Å².